The number of aliphatic hydroxyl groups excluding tert-OH is 2. The van der Waals surface area contributed by atoms with Crippen molar-refractivity contribution in [1.82, 2.24) is 5.32 Å². The van der Waals surface area contributed by atoms with Gasteiger partial charge in [-0.1, -0.05) is 39.0 Å². The molecule has 4 nitrogen and oxygen atoms in total. The van der Waals surface area contributed by atoms with Gasteiger partial charge >= 0.3 is 0 Å². The first-order valence-corrected chi connectivity index (χ1v) is 7.21. The molecule has 0 spiro atoms. The summed E-state index contributed by atoms with van der Waals surface area (Å²) in [5.74, 6) is 0.0520. The topological polar surface area (TPSA) is 69.6 Å². The zero-order valence-corrected chi connectivity index (χ0v) is 11.5. The summed E-state index contributed by atoms with van der Waals surface area (Å²) in [6.45, 7) is 1.45. The van der Waals surface area contributed by atoms with Gasteiger partial charge in [0.25, 0.3) is 0 Å². The highest BCUT2D eigenvalue weighted by molar-refractivity contribution is 5.79. The molecule has 18 heavy (non-hydrogen) atoms. The summed E-state index contributed by atoms with van der Waals surface area (Å²) in [4.78, 5) is 12.2. The molecule has 3 N–H and O–H groups in total. The first-order valence-electron chi connectivity index (χ1n) is 7.21. The highest BCUT2D eigenvalue weighted by Gasteiger charge is 2.31. The van der Waals surface area contributed by atoms with E-state index in [1.165, 1.54) is 19.3 Å². The fourth-order valence-corrected chi connectivity index (χ4v) is 2.52. The summed E-state index contributed by atoms with van der Waals surface area (Å²) in [6.07, 6.45) is 8.32. The van der Waals surface area contributed by atoms with Gasteiger partial charge in [0.05, 0.1) is 18.8 Å². The molecule has 0 aromatic carbocycles. The Balaban J connectivity index is 2.56. The quantitative estimate of drug-likeness (QED) is 0.700. The molecular weight excluding hydrogens is 230 g/mol. The molecule has 0 aliphatic heterocycles. The lowest BCUT2D eigenvalue weighted by molar-refractivity contribution is -0.129. The molecule has 0 unspecified atom stereocenters. The molecule has 0 heterocycles. The summed E-state index contributed by atoms with van der Waals surface area (Å²) >= 11 is 0. The maximum Gasteiger partial charge on any atom is 0.223 e. The van der Waals surface area contributed by atoms with Crippen LogP contribution < -0.4 is 5.32 Å². The monoisotopic (exact) mass is 257 g/mol. The van der Waals surface area contributed by atoms with Crippen molar-refractivity contribution >= 4 is 5.91 Å². The molecule has 1 rings (SSSR count). The average molecular weight is 257 g/mol. The maximum absolute atomic E-state index is 12.2. The molecule has 106 valence electrons. The average Bonchev–Trinajstić information content (AvgIpc) is 2.35. The van der Waals surface area contributed by atoms with Crippen LogP contribution in [-0.2, 0) is 4.79 Å². The summed E-state index contributed by atoms with van der Waals surface area (Å²) < 4.78 is 0. The van der Waals surface area contributed by atoms with E-state index in [0.717, 1.165) is 25.7 Å². The Morgan fingerprint density at radius 2 is 1.61 bits per heavy atom. The third-order valence-corrected chi connectivity index (χ3v) is 4.15. The molecular formula is C14H27NO3. The van der Waals surface area contributed by atoms with Gasteiger partial charge in [-0.05, 0) is 19.3 Å². The van der Waals surface area contributed by atoms with Crippen molar-refractivity contribution in [2.24, 2.45) is 5.92 Å². The fourth-order valence-electron chi connectivity index (χ4n) is 2.52. The summed E-state index contributed by atoms with van der Waals surface area (Å²) in [5.41, 5.74) is -0.848. The standard InChI is InChI=1S/C14H27NO3/c1-2-14(10-16,11-17)15-13(18)12-8-6-4-3-5-7-9-12/h12,16-17H,2-11H2,1H3,(H,15,18). The van der Waals surface area contributed by atoms with Crippen molar-refractivity contribution in [1.29, 1.82) is 0 Å². The van der Waals surface area contributed by atoms with Crippen molar-refractivity contribution in [3.05, 3.63) is 0 Å². The molecule has 1 fully saturated rings. The third-order valence-electron chi connectivity index (χ3n) is 4.15. The Kier molecular flexibility index (Phi) is 6.65. The highest BCUT2D eigenvalue weighted by Crippen LogP contribution is 2.23. The Morgan fingerprint density at radius 3 is 2.06 bits per heavy atom. The number of carbonyl (C=O) groups is 1. The number of aliphatic hydroxyl groups is 2. The number of amides is 1. The number of hydrogen-bond donors (Lipinski definition) is 3. The lowest BCUT2D eigenvalue weighted by atomic mass is 9.89. The SMILES string of the molecule is CCC(CO)(CO)NC(=O)C1CCCCCCC1. The number of hydrogen-bond acceptors (Lipinski definition) is 3. The van der Waals surface area contributed by atoms with E-state index in [0.29, 0.717) is 6.42 Å². The van der Waals surface area contributed by atoms with Gasteiger partial charge in [0.15, 0.2) is 0 Å². The molecule has 1 aliphatic carbocycles. The highest BCUT2D eigenvalue weighted by atomic mass is 16.3. The van der Waals surface area contributed by atoms with Crippen LogP contribution >= 0.6 is 0 Å². The largest absolute Gasteiger partial charge is 0.394 e. The van der Waals surface area contributed by atoms with E-state index in [2.05, 4.69) is 5.32 Å². The van der Waals surface area contributed by atoms with Crippen molar-refractivity contribution in [2.75, 3.05) is 13.2 Å². The van der Waals surface area contributed by atoms with E-state index >= 15 is 0 Å². The van der Waals surface area contributed by atoms with Gasteiger partial charge in [0.2, 0.25) is 5.91 Å². The van der Waals surface area contributed by atoms with Crippen molar-refractivity contribution in [3.8, 4) is 0 Å². The van der Waals surface area contributed by atoms with Crippen molar-refractivity contribution in [3.63, 3.8) is 0 Å². The second-order valence-electron chi connectivity index (χ2n) is 5.48. The Bertz CT molecular complexity index is 235. The summed E-state index contributed by atoms with van der Waals surface area (Å²) in [5, 5.41) is 21.6. The Labute approximate surface area is 110 Å². The zero-order chi connectivity index (χ0) is 13.4. The van der Waals surface area contributed by atoms with Crippen LogP contribution in [-0.4, -0.2) is 34.9 Å². The molecule has 4 heteroatoms. The van der Waals surface area contributed by atoms with E-state index in [4.69, 9.17) is 0 Å². The molecule has 0 radical (unpaired) electrons. The first kappa shape index (κ1) is 15.4. The van der Waals surface area contributed by atoms with Gasteiger partial charge in [0, 0.05) is 5.92 Å². The molecule has 1 amide bonds. The van der Waals surface area contributed by atoms with Gasteiger partial charge in [-0.15, -0.1) is 0 Å². The van der Waals surface area contributed by atoms with Crippen LogP contribution in [0.5, 0.6) is 0 Å². The van der Waals surface area contributed by atoms with Crippen LogP contribution in [0.1, 0.15) is 58.3 Å². The third kappa shape index (κ3) is 4.25. The Morgan fingerprint density at radius 1 is 1.11 bits per heavy atom. The molecule has 1 saturated carbocycles. The minimum atomic E-state index is -0.848. The zero-order valence-electron chi connectivity index (χ0n) is 11.5. The van der Waals surface area contributed by atoms with Crippen molar-refractivity contribution < 1.29 is 15.0 Å². The molecule has 0 aromatic heterocycles. The lowest BCUT2D eigenvalue weighted by Gasteiger charge is -2.32. The number of nitrogens with one attached hydrogen (secondary N) is 1. The van der Waals surface area contributed by atoms with E-state index in [1.54, 1.807) is 0 Å². The Hall–Kier alpha value is -0.610. The van der Waals surface area contributed by atoms with Gasteiger partial charge in [-0.2, -0.15) is 0 Å². The predicted octanol–water partition coefficient (Wildman–Crippen LogP) is 1.60. The van der Waals surface area contributed by atoms with Crippen LogP contribution in [0, 0.1) is 5.92 Å². The number of carbonyl (C=O) groups excluding carboxylic acids is 1. The number of rotatable bonds is 5. The molecule has 0 atom stereocenters. The fraction of sp³-hybridized carbons (Fsp3) is 0.929. The van der Waals surface area contributed by atoms with Crippen LogP contribution in [0.3, 0.4) is 0 Å². The van der Waals surface area contributed by atoms with E-state index < -0.39 is 5.54 Å². The molecule has 1 aliphatic rings. The first-order chi connectivity index (χ1) is 8.67. The lowest BCUT2D eigenvalue weighted by Crippen LogP contribution is -2.55. The predicted molar refractivity (Wildman–Crippen MR) is 71.1 cm³/mol. The van der Waals surface area contributed by atoms with Crippen molar-refractivity contribution in [2.45, 2.75) is 63.8 Å². The van der Waals surface area contributed by atoms with Gasteiger partial charge in [-0.25, -0.2) is 0 Å². The molecule has 0 saturated heterocycles. The van der Waals surface area contributed by atoms with Crippen LogP contribution in [0.15, 0.2) is 0 Å². The van der Waals surface area contributed by atoms with E-state index in [1.807, 2.05) is 6.92 Å². The van der Waals surface area contributed by atoms with Crippen LogP contribution in [0.4, 0.5) is 0 Å². The van der Waals surface area contributed by atoms with E-state index in [-0.39, 0.29) is 25.0 Å². The maximum atomic E-state index is 12.2. The molecule has 0 bridgehead atoms. The van der Waals surface area contributed by atoms with E-state index in [9.17, 15) is 15.0 Å². The summed E-state index contributed by atoms with van der Waals surface area (Å²) in [7, 11) is 0. The van der Waals surface area contributed by atoms with Gasteiger partial charge < -0.3 is 15.5 Å². The second kappa shape index (κ2) is 7.74. The minimum absolute atomic E-state index is 0.00171. The smallest absolute Gasteiger partial charge is 0.223 e. The van der Waals surface area contributed by atoms with Gasteiger partial charge in [-0.3, -0.25) is 4.79 Å². The van der Waals surface area contributed by atoms with Crippen LogP contribution in [0.2, 0.25) is 0 Å². The normalized spacial score (nSPS) is 19.1. The minimum Gasteiger partial charge on any atom is -0.394 e. The summed E-state index contributed by atoms with van der Waals surface area (Å²) in [6, 6.07) is 0. The second-order valence-corrected chi connectivity index (χ2v) is 5.48. The molecule has 0 aromatic rings. The van der Waals surface area contributed by atoms with Crippen LogP contribution in [0.25, 0.3) is 0 Å². The van der Waals surface area contributed by atoms with Gasteiger partial charge in [0.1, 0.15) is 0 Å².